The molecule has 2 fully saturated rings. The summed E-state index contributed by atoms with van der Waals surface area (Å²) >= 11 is 5.44. The molecule has 0 aliphatic carbocycles. The Kier molecular flexibility index (Phi) is 6.21. The fourth-order valence-corrected chi connectivity index (χ4v) is 4.50. The first-order valence-corrected chi connectivity index (χ1v) is 10.8. The first-order chi connectivity index (χ1) is 16.4. The monoisotopic (exact) mass is 509 g/mol. The van der Waals surface area contributed by atoms with Crippen molar-refractivity contribution >= 4 is 34.6 Å². The van der Waals surface area contributed by atoms with Gasteiger partial charge in [0.25, 0.3) is 5.91 Å². The third kappa shape index (κ3) is 4.31. The lowest BCUT2D eigenvalue weighted by Crippen LogP contribution is -2.44. The van der Waals surface area contributed by atoms with Gasteiger partial charge in [0.2, 0.25) is 0 Å². The molecule has 2 aromatic carbocycles. The molecule has 2 atom stereocenters. The number of amides is 1. The minimum Gasteiger partial charge on any atom is -0.482 e. The van der Waals surface area contributed by atoms with E-state index in [9.17, 15) is 27.5 Å². The first kappa shape index (κ1) is 24.8. The number of alkyl halides is 3. The largest absolute Gasteiger partial charge is 0.482 e. The summed E-state index contributed by atoms with van der Waals surface area (Å²) in [6.07, 6.45) is -6.47. The maximum absolute atomic E-state index is 14.9. The van der Waals surface area contributed by atoms with Crippen LogP contribution in [0.2, 0.25) is 0 Å². The Balaban J connectivity index is 1.68. The van der Waals surface area contributed by atoms with E-state index in [0.717, 1.165) is 17.0 Å². The van der Waals surface area contributed by atoms with Crippen molar-refractivity contribution in [3.63, 3.8) is 0 Å². The lowest BCUT2D eigenvalue weighted by atomic mass is 10.0. The molecule has 1 unspecified atom stereocenters. The van der Waals surface area contributed by atoms with Gasteiger partial charge in [-0.05, 0) is 56.4 Å². The molecule has 1 N–H and O–H groups in total. The lowest BCUT2D eigenvalue weighted by Gasteiger charge is -2.29. The summed E-state index contributed by atoms with van der Waals surface area (Å²) in [6.45, 7) is 3.18. The Bertz CT molecular complexity index is 1240. The van der Waals surface area contributed by atoms with E-state index in [0.29, 0.717) is 6.07 Å². The summed E-state index contributed by atoms with van der Waals surface area (Å²) in [5.41, 5.74) is -3.15. The molecule has 2 aliphatic heterocycles. The van der Waals surface area contributed by atoms with E-state index in [1.54, 1.807) is 0 Å². The van der Waals surface area contributed by atoms with Gasteiger partial charge in [-0.25, -0.2) is 4.39 Å². The van der Waals surface area contributed by atoms with E-state index in [2.05, 4.69) is 0 Å². The van der Waals surface area contributed by atoms with Gasteiger partial charge in [0.15, 0.2) is 22.8 Å². The van der Waals surface area contributed by atoms with Crippen LogP contribution in [0.3, 0.4) is 0 Å². The number of carbonyl (C=O) groups excluding carboxylic acids is 1. The van der Waals surface area contributed by atoms with Crippen LogP contribution in [0.4, 0.5) is 28.9 Å². The molecule has 2 aromatic rings. The predicted octanol–water partition coefficient (Wildman–Crippen LogP) is 3.77. The maximum atomic E-state index is 14.9. The van der Waals surface area contributed by atoms with Crippen molar-refractivity contribution < 1.29 is 36.9 Å². The van der Waals surface area contributed by atoms with Gasteiger partial charge in [0.1, 0.15) is 11.6 Å². The summed E-state index contributed by atoms with van der Waals surface area (Å²) in [6, 6.07) is 8.19. The molecule has 0 spiro atoms. The summed E-state index contributed by atoms with van der Waals surface area (Å²) in [4.78, 5) is 15.5. The van der Waals surface area contributed by atoms with E-state index >= 15 is 0 Å². The highest BCUT2D eigenvalue weighted by Gasteiger charge is 2.51. The normalized spacial score (nSPS) is 22.0. The quantitative estimate of drug-likeness (QED) is 0.496. The van der Waals surface area contributed by atoms with Crippen LogP contribution in [0.15, 0.2) is 36.4 Å². The standard InChI is InChI=1S/C23H19F4N3O4S/c1-22(2)20(32)29(13-4-3-12(9-28)15(7-13)23(25,26)27)21(35)30(22)14-5-6-18(16(24)8-14)34-19-11-33-10-17(19)31/h3-8,17,19,31H,10-11H2,1-2H3/t17?,19-/m1/s1. The van der Waals surface area contributed by atoms with E-state index in [1.807, 2.05) is 0 Å². The van der Waals surface area contributed by atoms with E-state index < -0.39 is 46.8 Å². The number of nitrogens with zero attached hydrogens (tertiary/aromatic N) is 3. The Morgan fingerprint density at radius 1 is 1.20 bits per heavy atom. The van der Waals surface area contributed by atoms with Crippen molar-refractivity contribution in [2.24, 2.45) is 0 Å². The molecule has 0 bridgehead atoms. The molecule has 7 nitrogen and oxygen atoms in total. The molecule has 2 saturated heterocycles. The molecule has 0 radical (unpaired) electrons. The number of halogens is 4. The van der Waals surface area contributed by atoms with Crippen LogP contribution < -0.4 is 14.5 Å². The number of ether oxygens (including phenoxy) is 2. The second kappa shape index (κ2) is 8.75. The molecule has 2 aliphatic rings. The van der Waals surface area contributed by atoms with E-state index in [1.165, 1.54) is 43.0 Å². The third-order valence-corrected chi connectivity index (χ3v) is 6.17. The summed E-state index contributed by atoms with van der Waals surface area (Å²) in [5.74, 6) is -1.56. The van der Waals surface area contributed by atoms with Crippen LogP contribution >= 0.6 is 12.2 Å². The molecule has 0 aromatic heterocycles. The van der Waals surface area contributed by atoms with Gasteiger partial charge < -0.3 is 19.5 Å². The lowest BCUT2D eigenvalue weighted by molar-refractivity contribution is -0.137. The number of rotatable bonds is 4. The van der Waals surface area contributed by atoms with Crippen molar-refractivity contribution in [1.29, 1.82) is 5.26 Å². The van der Waals surface area contributed by atoms with Crippen molar-refractivity contribution in [2.75, 3.05) is 23.0 Å². The van der Waals surface area contributed by atoms with Crippen LogP contribution in [0.25, 0.3) is 0 Å². The van der Waals surface area contributed by atoms with Crippen molar-refractivity contribution in [3.8, 4) is 11.8 Å². The highest BCUT2D eigenvalue weighted by molar-refractivity contribution is 7.81. The van der Waals surface area contributed by atoms with Gasteiger partial charge in [-0.3, -0.25) is 9.69 Å². The van der Waals surface area contributed by atoms with Crippen LogP contribution in [0, 0.1) is 17.1 Å². The number of aliphatic hydroxyl groups is 1. The van der Waals surface area contributed by atoms with E-state index in [4.69, 9.17) is 27.0 Å². The Morgan fingerprint density at radius 3 is 2.46 bits per heavy atom. The zero-order valence-corrected chi connectivity index (χ0v) is 19.3. The molecule has 2 heterocycles. The fourth-order valence-electron chi connectivity index (χ4n) is 3.98. The summed E-state index contributed by atoms with van der Waals surface area (Å²) in [7, 11) is 0. The Hall–Kier alpha value is -3.27. The average molecular weight is 509 g/mol. The Labute approximate surface area is 203 Å². The second-order valence-electron chi connectivity index (χ2n) is 8.53. The minimum atomic E-state index is -4.82. The highest BCUT2D eigenvalue weighted by Crippen LogP contribution is 2.40. The van der Waals surface area contributed by atoms with Crippen LogP contribution in [-0.4, -0.2) is 47.1 Å². The first-order valence-electron chi connectivity index (χ1n) is 10.4. The minimum absolute atomic E-state index is 0.0734. The van der Waals surface area contributed by atoms with Gasteiger partial charge in [0.05, 0.1) is 36.1 Å². The van der Waals surface area contributed by atoms with Crippen molar-refractivity contribution in [2.45, 2.75) is 37.8 Å². The molecule has 0 saturated carbocycles. The van der Waals surface area contributed by atoms with E-state index in [-0.39, 0.29) is 35.5 Å². The van der Waals surface area contributed by atoms with Crippen LogP contribution in [0.1, 0.15) is 25.0 Å². The molecule has 4 rings (SSSR count). The SMILES string of the molecule is CC1(C)C(=O)N(c2ccc(C#N)c(C(F)(F)F)c2)C(=S)N1c1ccc(O[C@@H]2COCC2O)c(F)c1. The Morgan fingerprint density at radius 2 is 1.89 bits per heavy atom. The molecule has 1 amide bonds. The smallest absolute Gasteiger partial charge is 0.417 e. The molecule has 184 valence electrons. The fraction of sp³-hybridized carbons (Fsp3) is 0.348. The highest BCUT2D eigenvalue weighted by atomic mass is 32.1. The number of carbonyl (C=O) groups is 1. The average Bonchev–Trinajstić information content (AvgIpc) is 3.26. The summed E-state index contributed by atoms with van der Waals surface area (Å²) < 4.78 is 65.8. The van der Waals surface area contributed by atoms with Crippen LogP contribution in [0.5, 0.6) is 5.75 Å². The van der Waals surface area contributed by atoms with Gasteiger partial charge >= 0.3 is 6.18 Å². The number of benzene rings is 2. The number of hydrogen-bond donors (Lipinski definition) is 1. The molecule has 35 heavy (non-hydrogen) atoms. The number of nitriles is 1. The van der Waals surface area contributed by atoms with Gasteiger partial charge in [-0.2, -0.15) is 18.4 Å². The van der Waals surface area contributed by atoms with Crippen LogP contribution in [-0.2, 0) is 15.7 Å². The second-order valence-corrected chi connectivity index (χ2v) is 8.90. The van der Waals surface area contributed by atoms with Gasteiger partial charge in [0, 0.05) is 11.8 Å². The molecular formula is C23H19F4N3O4S. The third-order valence-electron chi connectivity index (χ3n) is 5.81. The van der Waals surface area contributed by atoms with Crippen molar-refractivity contribution in [3.05, 3.63) is 53.3 Å². The molecule has 12 heteroatoms. The molecular weight excluding hydrogens is 490 g/mol. The number of hydrogen-bond acceptors (Lipinski definition) is 6. The number of anilines is 2. The zero-order valence-electron chi connectivity index (χ0n) is 18.5. The topological polar surface area (TPSA) is 86.0 Å². The van der Waals surface area contributed by atoms with Gasteiger partial charge in [-0.1, -0.05) is 0 Å². The van der Waals surface area contributed by atoms with Crippen molar-refractivity contribution in [1.82, 2.24) is 0 Å². The number of thiocarbonyl (C=S) groups is 1. The number of aliphatic hydroxyl groups excluding tert-OH is 1. The maximum Gasteiger partial charge on any atom is 0.417 e. The van der Waals surface area contributed by atoms with Gasteiger partial charge in [-0.15, -0.1) is 0 Å². The summed E-state index contributed by atoms with van der Waals surface area (Å²) in [5, 5.41) is 18.7. The zero-order chi connectivity index (χ0) is 25.7. The predicted molar refractivity (Wildman–Crippen MR) is 120 cm³/mol.